The summed E-state index contributed by atoms with van der Waals surface area (Å²) < 4.78 is 45.3. The Morgan fingerprint density at radius 3 is 2.92 bits per heavy atom. The van der Waals surface area contributed by atoms with E-state index in [-0.39, 0.29) is 18.6 Å². The number of nitrogens with zero attached hydrogens (tertiary/aromatic N) is 2. The highest BCUT2D eigenvalue weighted by atomic mass is 32.1. The summed E-state index contributed by atoms with van der Waals surface area (Å²) in [7, 11) is 0. The number of benzene rings is 1. The van der Waals surface area contributed by atoms with Crippen molar-refractivity contribution < 1.29 is 32.5 Å². The van der Waals surface area contributed by atoms with E-state index in [1.54, 1.807) is 12.3 Å². The molecule has 0 saturated carbocycles. The Morgan fingerprint density at radius 1 is 1.46 bits per heavy atom. The quantitative estimate of drug-likeness (QED) is 0.429. The van der Waals surface area contributed by atoms with Gasteiger partial charge in [0.1, 0.15) is 0 Å². The average Bonchev–Trinajstić information content (AvgIpc) is 2.96. The smallest absolute Gasteiger partial charge is 0.504 e. The zero-order valence-corrected chi connectivity index (χ0v) is 14.2. The molecule has 1 aromatic carbocycles. The van der Waals surface area contributed by atoms with Gasteiger partial charge in [0.2, 0.25) is 5.13 Å². The predicted octanol–water partition coefficient (Wildman–Crippen LogP) is 3.30. The molecule has 2 N–H and O–H groups in total. The van der Waals surface area contributed by atoms with Crippen LogP contribution in [0, 0.1) is 0 Å². The molecule has 0 radical (unpaired) electrons. The molecule has 0 spiro atoms. The lowest BCUT2D eigenvalue weighted by Crippen LogP contribution is -2.17. The van der Waals surface area contributed by atoms with Gasteiger partial charge in [-0.05, 0) is 30.7 Å². The molecular formula is C15H14F3N3O4S. The highest BCUT2D eigenvalue weighted by Crippen LogP contribution is 2.31. The van der Waals surface area contributed by atoms with Crippen LogP contribution in [0.15, 0.2) is 28.7 Å². The van der Waals surface area contributed by atoms with Crippen LogP contribution in [0.1, 0.15) is 18.2 Å². The number of thiazole rings is 1. The third-order valence-electron chi connectivity index (χ3n) is 2.77. The van der Waals surface area contributed by atoms with Gasteiger partial charge >= 0.3 is 12.3 Å². The number of carbonyl (C=O) groups is 1. The van der Waals surface area contributed by atoms with Crippen molar-refractivity contribution in [1.29, 1.82) is 0 Å². The van der Waals surface area contributed by atoms with Gasteiger partial charge in [-0.15, -0.1) is 24.5 Å². The minimum Gasteiger partial charge on any atom is -0.504 e. The van der Waals surface area contributed by atoms with E-state index < -0.39 is 23.8 Å². The van der Waals surface area contributed by atoms with E-state index in [0.29, 0.717) is 10.8 Å². The predicted molar refractivity (Wildman–Crippen MR) is 88.5 cm³/mol. The molecule has 26 heavy (non-hydrogen) atoms. The molecule has 0 unspecified atom stereocenters. The number of halogens is 3. The molecular weight excluding hydrogens is 375 g/mol. The number of alkyl halides is 3. The summed E-state index contributed by atoms with van der Waals surface area (Å²) in [6.07, 6.45) is -3.65. The average molecular weight is 389 g/mol. The Kier molecular flexibility index (Phi) is 6.39. The Labute approximate surface area is 150 Å². The molecule has 0 atom stereocenters. The molecule has 140 valence electrons. The number of hydrazone groups is 1. The summed E-state index contributed by atoms with van der Waals surface area (Å²) in [4.78, 5) is 15.5. The number of phenolic OH excluding ortho intramolecular Hbond substituents is 1. The molecule has 2 rings (SSSR count). The fourth-order valence-electron chi connectivity index (χ4n) is 1.78. The Balaban J connectivity index is 1.97. The molecule has 0 aliphatic heterocycles. The Bertz CT molecular complexity index is 793. The largest absolute Gasteiger partial charge is 0.573 e. The maximum Gasteiger partial charge on any atom is 0.573 e. The fraction of sp³-hybridized carbons (Fsp3) is 0.267. The summed E-state index contributed by atoms with van der Waals surface area (Å²) in [5.41, 5.74) is 3.37. The summed E-state index contributed by atoms with van der Waals surface area (Å²) in [6, 6.07) is 3.41. The van der Waals surface area contributed by atoms with Crippen LogP contribution in [-0.2, 0) is 16.0 Å². The zero-order chi connectivity index (χ0) is 19.2. The molecule has 11 heteroatoms. The number of hydrogen-bond donors (Lipinski definition) is 2. The minimum atomic E-state index is -4.91. The number of carbonyl (C=O) groups excluding carboxylic acids is 1. The van der Waals surface area contributed by atoms with E-state index in [1.165, 1.54) is 23.6 Å². The monoisotopic (exact) mass is 389 g/mol. The van der Waals surface area contributed by atoms with Gasteiger partial charge in [-0.2, -0.15) is 5.10 Å². The second-order valence-corrected chi connectivity index (χ2v) is 5.63. The minimum absolute atomic E-state index is 0.0336. The number of phenols is 1. The van der Waals surface area contributed by atoms with E-state index in [2.05, 4.69) is 20.2 Å². The Hall–Kier alpha value is -2.82. The number of hydrogen-bond acceptors (Lipinski definition) is 8. The van der Waals surface area contributed by atoms with Crippen molar-refractivity contribution >= 4 is 28.7 Å². The van der Waals surface area contributed by atoms with Crippen molar-refractivity contribution in [2.24, 2.45) is 5.10 Å². The first-order chi connectivity index (χ1) is 12.3. The van der Waals surface area contributed by atoms with Crippen LogP contribution in [0.2, 0.25) is 0 Å². The van der Waals surface area contributed by atoms with Crippen LogP contribution in [0.5, 0.6) is 11.5 Å². The highest BCUT2D eigenvalue weighted by molar-refractivity contribution is 7.13. The molecule has 0 aliphatic carbocycles. The molecule has 0 amide bonds. The van der Waals surface area contributed by atoms with Gasteiger partial charge in [0.05, 0.1) is 24.9 Å². The molecule has 0 bridgehead atoms. The topological polar surface area (TPSA) is 93.0 Å². The number of anilines is 1. The summed E-state index contributed by atoms with van der Waals surface area (Å²) in [5.74, 6) is -1.77. The van der Waals surface area contributed by atoms with Gasteiger partial charge in [0, 0.05) is 5.38 Å². The second-order valence-electron chi connectivity index (χ2n) is 4.77. The number of aromatic hydroxyl groups is 1. The summed E-state index contributed by atoms with van der Waals surface area (Å²) in [6.45, 7) is 1.99. The summed E-state index contributed by atoms with van der Waals surface area (Å²) >= 11 is 1.20. The van der Waals surface area contributed by atoms with E-state index in [4.69, 9.17) is 4.74 Å². The first-order valence-corrected chi connectivity index (χ1v) is 8.12. The van der Waals surface area contributed by atoms with Crippen LogP contribution >= 0.6 is 11.3 Å². The molecule has 0 saturated heterocycles. The van der Waals surface area contributed by atoms with Gasteiger partial charge in [-0.25, -0.2) is 4.98 Å². The fourth-order valence-corrected chi connectivity index (χ4v) is 2.44. The first kappa shape index (κ1) is 19.5. The summed E-state index contributed by atoms with van der Waals surface area (Å²) in [5, 5.41) is 15.3. The lowest BCUT2D eigenvalue weighted by Gasteiger charge is -2.10. The number of nitrogens with one attached hydrogen (secondary N) is 1. The lowest BCUT2D eigenvalue weighted by molar-refractivity contribution is -0.275. The van der Waals surface area contributed by atoms with E-state index in [1.807, 2.05) is 0 Å². The van der Waals surface area contributed by atoms with Crippen molar-refractivity contribution in [2.75, 3.05) is 12.0 Å². The van der Waals surface area contributed by atoms with Crippen LogP contribution in [0.4, 0.5) is 18.3 Å². The normalized spacial score (nSPS) is 11.5. The number of rotatable bonds is 7. The van der Waals surface area contributed by atoms with Crippen LogP contribution in [0.3, 0.4) is 0 Å². The van der Waals surface area contributed by atoms with Gasteiger partial charge in [0.15, 0.2) is 11.5 Å². The van der Waals surface area contributed by atoms with Gasteiger partial charge in [-0.3, -0.25) is 10.2 Å². The standard InChI is InChI=1S/C15H14F3N3O4S/c1-2-24-13(23)6-10-8-26-14(20-10)21-19-7-9-3-4-11(22)12(5-9)25-15(16,17)18/h3-5,7-8,22H,2,6H2,1H3,(H,20,21). The van der Waals surface area contributed by atoms with Crippen molar-refractivity contribution in [1.82, 2.24) is 4.98 Å². The van der Waals surface area contributed by atoms with Gasteiger partial charge in [0.25, 0.3) is 0 Å². The Morgan fingerprint density at radius 2 is 2.23 bits per heavy atom. The van der Waals surface area contributed by atoms with Crippen molar-refractivity contribution in [3.63, 3.8) is 0 Å². The molecule has 1 aromatic heterocycles. The lowest BCUT2D eigenvalue weighted by atomic mass is 10.2. The SMILES string of the molecule is CCOC(=O)Cc1csc(NN=Cc2ccc(O)c(OC(F)(F)F)c2)n1. The zero-order valence-electron chi connectivity index (χ0n) is 13.4. The molecule has 0 aliphatic rings. The van der Waals surface area contributed by atoms with Crippen LogP contribution < -0.4 is 10.2 Å². The maximum atomic E-state index is 12.2. The van der Waals surface area contributed by atoms with Crippen molar-refractivity contribution in [3.8, 4) is 11.5 Å². The van der Waals surface area contributed by atoms with Crippen molar-refractivity contribution in [2.45, 2.75) is 19.7 Å². The van der Waals surface area contributed by atoms with E-state index in [0.717, 1.165) is 12.1 Å². The number of esters is 1. The number of ether oxygens (including phenoxy) is 2. The van der Waals surface area contributed by atoms with Gasteiger partial charge in [-0.1, -0.05) is 0 Å². The van der Waals surface area contributed by atoms with E-state index in [9.17, 15) is 23.1 Å². The molecule has 0 fully saturated rings. The second kappa shape index (κ2) is 8.52. The molecule has 7 nitrogen and oxygen atoms in total. The first-order valence-electron chi connectivity index (χ1n) is 7.24. The molecule has 2 aromatic rings. The van der Waals surface area contributed by atoms with Crippen molar-refractivity contribution in [3.05, 3.63) is 34.8 Å². The third-order valence-corrected chi connectivity index (χ3v) is 3.56. The van der Waals surface area contributed by atoms with E-state index >= 15 is 0 Å². The number of aromatic nitrogens is 1. The van der Waals surface area contributed by atoms with Crippen LogP contribution in [0.25, 0.3) is 0 Å². The van der Waals surface area contributed by atoms with Crippen LogP contribution in [-0.4, -0.2) is 35.2 Å². The van der Waals surface area contributed by atoms with Gasteiger partial charge < -0.3 is 14.6 Å². The highest BCUT2D eigenvalue weighted by Gasteiger charge is 2.32. The maximum absolute atomic E-state index is 12.2. The molecule has 1 heterocycles. The third kappa shape index (κ3) is 6.24.